The maximum atomic E-state index is 6.47. The smallest absolute Gasteiger partial charge is 0.151 e. The number of aryl methyl sites for hydroxylation is 2. The van der Waals surface area contributed by atoms with E-state index in [1.54, 1.807) is 0 Å². The minimum atomic E-state index is -0.192. The molecular weight excluding hydrogens is 486 g/mol. The van der Waals surface area contributed by atoms with Crippen LogP contribution in [0.25, 0.3) is 22.0 Å². The van der Waals surface area contributed by atoms with Crippen molar-refractivity contribution in [3.05, 3.63) is 112 Å². The van der Waals surface area contributed by atoms with Crippen molar-refractivity contribution in [3.8, 4) is 17.0 Å². The van der Waals surface area contributed by atoms with Crippen molar-refractivity contribution in [2.75, 3.05) is 5.32 Å². The van der Waals surface area contributed by atoms with Gasteiger partial charge in [0.2, 0.25) is 0 Å². The fourth-order valence-corrected chi connectivity index (χ4v) is 5.23. The van der Waals surface area contributed by atoms with Crippen molar-refractivity contribution >= 4 is 32.4 Å². The summed E-state index contributed by atoms with van der Waals surface area (Å²) in [5.74, 6) is 0.853. The molecule has 5 aromatic rings. The monoisotopic (exact) mass is 509 g/mol. The van der Waals surface area contributed by atoms with E-state index in [0.29, 0.717) is 6.61 Å². The third kappa shape index (κ3) is 3.66. The molecule has 4 aromatic carbocycles. The molecule has 1 aliphatic heterocycles. The number of fused-ring (bicyclic) bond motifs is 4. The van der Waals surface area contributed by atoms with Gasteiger partial charge in [-0.25, -0.2) is 4.68 Å². The molecule has 0 amide bonds. The summed E-state index contributed by atoms with van der Waals surface area (Å²) in [4.78, 5) is 0. The number of ether oxygens (including phenoxy) is 1. The first-order valence-electron chi connectivity index (χ1n) is 11.4. The van der Waals surface area contributed by atoms with E-state index >= 15 is 0 Å². The van der Waals surface area contributed by atoms with Crippen LogP contribution in [0.2, 0.25) is 0 Å². The van der Waals surface area contributed by atoms with Gasteiger partial charge >= 0.3 is 0 Å². The molecule has 0 fully saturated rings. The van der Waals surface area contributed by atoms with Gasteiger partial charge in [-0.3, -0.25) is 0 Å². The summed E-state index contributed by atoms with van der Waals surface area (Å²) in [7, 11) is 0. The van der Waals surface area contributed by atoms with Crippen LogP contribution in [0.15, 0.2) is 89.4 Å². The summed E-state index contributed by atoms with van der Waals surface area (Å²) in [5, 5.41) is 11.0. The van der Waals surface area contributed by atoms with Crippen LogP contribution in [0.3, 0.4) is 0 Å². The largest absolute Gasteiger partial charge is 0.488 e. The highest BCUT2D eigenvalue weighted by Crippen LogP contribution is 2.43. The van der Waals surface area contributed by atoms with E-state index < -0.39 is 0 Å². The number of hydrogen-bond acceptors (Lipinski definition) is 3. The summed E-state index contributed by atoms with van der Waals surface area (Å²) >= 11 is 3.56. The number of nitrogens with zero attached hydrogens (tertiary/aromatic N) is 2. The summed E-state index contributed by atoms with van der Waals surface area (Å²) in [6.45, 7) is 4.66. The fraction of sp³-hybridized carbons (Fsp3) is 0.138. The SMILES string of the molecule is Cc1ccc2c(c1)-c1cc(C)nn1C(c1c(OCc3cccc(Br)c3)ccc3ccccc13)N2. The first kappa shape index (κ1) is 21.0. The Hall–Kier alpha value is -3.57. The van der Waals surface area contributed by atoms with Crippen LogP contribution in [-0.2, 0) is 6.61 Å². The Labute approximate surface area is 207 Å². The molecule has 4 nitrogen and oxygen atoms in total. The van der Waals surface area contributed by atoms with Gasteiger partial charge in [0, 0.05) is 21.3 Å². The van der Waals surface area contributed by atoms with Crippen molar-refractivity contribution in [2.45, 2.75) is 26.6 Å². The van der Waals surface area contributed by atoms with Gasteiger partial charge in [0.15, 0.2) is 6.17 Å². The van der Waals surface area contributed by atoms with Gasteiger partial charge < -0.3 is 10.1 Å². The topological polar surface area (TPSA) is 39.1 Å². The van der Waals surface area contributed by atoms with Gasteiger partial charge in [0.1, 0.15) is 12.4 Å². The average Bonchev–Trinajstić information content (AvgIpc) is 3.24. The van der Waals surface area contributed by atoms with Gasteiger partial charge in [-0.2, -0.15) is 5.10 Å². The maximum Gasteiger partial charge on any atom is 0.151 e. The van der Waals surface area contributed by atoms with Gasteiger partial charge in [-0.05, 0) is 66.6 Å². The molecule has 1 N–H and O–H groups in total. The van der Waals surface area contributed by atoms with E-state index in [-0.39, 0.29) is 6.17 Å². The summed E-state index contributed by atoms with van der Waals surface area (Å²) in [6, 6.07) is 29.6. The van der Waals surface area contributed by atoms with Crippen molar-refractivity contribution < 1.29 is 4.74 Å². The Morgan fingerprint density at radius 1 is 0.941 bits per heavy atom. The lowest BCUT2D eigenvalue weighted by Crippen LogP contribution is -2.26. The molecule has 0 radical (unpaired) electrons. The van der Waals surface area contributed by atoms with Crippen LogP contribution < -0.4 is 10.1 Å². The fourth-order valence-electron chi connectivity index (χ4n) is 4.78. The van der Waals surface area contributed by atoms with E-state index in [2.05, 4.69) is 106 Å². The number of aromatic nitrogens is 2. The van der Waals surface area contributed by atoms with Crippen LogP contribution >= 0.6 is 15.9 Å². The van der Waals surface area contributed by atoms with Crippen molar-refractivity contribution in [1.29, 1.82) is 0 Å². The molecule has 0 spiro atoms. The minimum absolute atomic E-state index is 0.192. The van der Waals surface area contributed by atoms with Gasteiger partial charge in [0.25, 0.3) is 0 Å². The van der Waals surface area contributed by atoms with E-state index in [9.17, 15) is 0 Å². The number of halogens is 1. The van der Waals surface area contributed by atoms with E-state index in [1.165, 1.54) is 16.5 Å². The van der Waals surface area contributed by atoms with Crippen LogP contribution in [0.1, 0.15) is 28.6 Å². The number of anilines is 1. The average molecular weight is 510 g/mol. The number of nitrogens with one attached hydrogen (secondary N) is 1. The van der Waals surface area contributed by atoms with Gasteiger partial charge in [-0.1, -0.05) is 70.0 Å². The molecule has 5 heteroatoms. The van der Waals surface area contributed by atoms with Crippen molar-refractivity contribution in [3.63, 3.8) is 0 Å². The highest BCUT2D eigenvalue weighted by Gasteiger charge is 2.30. The number of benzene rings is 4. The lowest BCUT2D eigenvalue weighted by molar-refractivity contribution is 0.300. The molecule has 1 unspecified atom stereocenters. The highest BCUT2D eigenvalue weighted by molar-refractivity contribution is 9.10. The third-order valence-corrected chi connectivity index (χ3v) is 6.83. The summed E-state index contributed by atoms with van der Waals surface area (Å²) < 4.78 is 9.61. The molecule has 1 aliphatic rings. The molecule has 168 valence electrons. The zero-order chi connectivity index (χ0) is 23.2. The second-order valence-electron chi connectivity index (χ2n) is 8.83. The molecular formula is C29H24BrN3O. The predicted molar refractivity (Wildman–Crippen MR) is 141 cm³/mol. The minimum Gasteiger partial charge on any atom is -0.488 e. The maximum absolute atomic E-state index is 6.47. The molecule has 1 atom stereocenters. The van der Waals surface area contributed by atoms with Crippen LogP contribution in [0, 0.1) is 13.8 Å². The Morgan fingerprint density at radius 2 is 1.82 bits per heavy atom. The Kier molecular flexibility index (Phi) is 5.15. The first-order chi connectivity index (χ1) is 16.6. The molecule has 0 saturated heterocycles. The zero-order valence-electron chi connectivity index (χ0n) is 19.0. The van der Waals surface area contributed by atoms with Crippen molar-refractivity contribution in [2.24, 2.45) is 0 Å². The second-order valence-corrected chi connectivity index (χ2v) is 9.74. The summed E-state index contributed by atoms with van der Waals surface area (Å²) in [5.41, 5.74) is 7.82. The zero-order valence-corrected chi connectivity index (χ0v) is 20.6. The molecule has 0 bridgehead atoms. The quantitative estimate of drug-likeness (QED) is 0.270. The molecule has 0 saturated carbocycles. The third-order valence-electron chi connectivity index (χ3n) is 6.33. The Bertz CT molecular complexity index is 1540. The lowest BCUT2D eigenvalue weighted by Gasteiger charge is -2.31. The van der Waals surface area contributed by atoms with Crippen LogP contribution in [0.4, 0.5) is 5.69 Å². The lowest BCUT2D eigenvalue weighted by atomic mass is 9.97. The molecule has 6 rings (SSSR count). The van der Waals surface area contributed by atoms with Crippen molar-refractivity contribution in [1.82, 2.24) is 9.78 Å². The van der Waals surface area contributed by atoms with Crippen LogP contribution in [0.5, 0.6) is 5.75 Å². The van der Waals surface area contributed by atoms with E-state index in [1.807, 2.05) is 19.1 Å². The van der Waals surface area contributed by atoms with Crippen LogP contribution in [-0.4, -0.2) is 9.78 Å². The van der Waals surface area contributed by atoms with Gasteiger partial charge in [0.05, 0.1) is 11.4 Å². The second kappa shape index (κ2) is 8.33. The molecule has 0 aliphatic carbocycles. The highest BCUT2D eigenvalue weighted by atomic mass is 79.9. The standard InChI is InChI=1S/C29H24BrN3O/c1-18-10-12-25-24(14-18)26-15-19(2)32-33(26)29(31-25)28-23-9-4-3-7-21(23)11-13-27(28)34-17-20-6-5-8-22(30)16-20/h3-16,29,31H,17H2,1-2H3. The molecule has 2 heterocycles. The Morgan fingerprint density at radius 3 is 2.71 bits per heavy atom. The first-order valence-corrected chi connectivity index (χ1v) is 12.2. The normalized spacial score (nSPS) is 14.4. The van der Waals surface area contributed by atoms with E-state index in [0.717, 1.165) is 43.8 Å². The van der Waals surface area contributed by atoms with E-state index in [4.69, 9.17) is 9.84 Å². The Balaban J connectivity index is 1.51. The van der Waals surface area contributed by atoms with Gasteiger partial charge in [-0.15, -0.1) is 0 Å². The molecule has 1 aromatic heterocycles. The molecule has 34 heavy (non-hydrogen) atoms. The summed E-state index contributed by atoms with van der Waals surface area (Å²) in [6.07, 6.45) is -0.192. The predicted octanol–water partition coefficient (Wildman–Crippen LogP) is 7.63. The number of rotatable bonds is 4. The number of hydrogen-bond donors (Lipinski definition) is 1.